The Morgan fingerprint density at radius 2 is 1.94 bits per heavy atom. The Kier molecular flexibility index (Phi) is 3.70. The number of nitrogens with two attached hydrogens (primary N) is 1. The molecule has 0 spiro atoms. The Hall–Kier alpha value is -2.19. The number of nitrogen functional groups attached to an aromatic ring is 1. The molecule has 5 heteroatoms. The molecule has 0 aliphatic rings. The molecule has 4 nitrogen and oxygen atoms in total. The lowest BCUT2D eigenvalue weighted by Crippen LogP contribution is -1.98. The first kappa shape index (κ1) is 12.3. The number of rotatable bonds is 3. The fourth-order valence-corrected chi connectivity index (χ4v) is 1.86. The van der Waals surface area contributed by atoms with Crippen molar-refractivity contribution in [2.24, 2.45) is 0 Å². The molecule has 2 aromatic rings. The minimum absolute atomic E-state index is 0.237. The Morgan fingerprint density at radius 3 is 2.56 bits per heavy atom. The van der Waals surface area contributed by atoms with Crippen molar-refractivity contribution in [1.82, 2.24) is 4.98 Å². The Labute approximate surface area is 110 Å². The van der Waals surface area contributed by atoms with Crippen LogP contribution < -0.4 is 11.1 Å². The van der Waals surface area contributed by atoms with E-state index < -0.39 is 0 Å². The number of nitriles is 1. The van der Waals surface area contributed by atoms with Crippen LogP contribution in [-0.4, -0.2) is 11.2 Å². The van der Waals surface area contributed by atoms with Crippen LogP contribution in [0, 0.1) is 11.3 Å². The molecule has 0 bridgehead atoms. The van der Waals surface area contributed by atoms with Crippen molar-refractivity contribution in [3.05, 3.63) is 42.1 Å². The third-order valence-electron chi connectivity index (χ3n) is 2.39. The lowest BCUT2D eigenvalue weighted by molar-refractivity contribution is 1.26. The highest BCUT2D eigenvalue weighted by Crippen LogP contribution is 2.21. The van der Waals surface area contributed by atoms with E-state index >= 15 is 0 Å². The summed E-state index contributed by atoms with van der Waals surface area (Å²) in [6.45, 7) is 0. The molecule has 0 radical (unpaired) electrons. The predicted molar refractivity (Wildman–Crippen MR) is 74.9 cm³/mol. The number of nitrogens with one attached hydrogen (secondary N) is 1. The second-order valence-corrected chi connectivity index (χ2v) is 4.48. The van der Waals surface area contributed by atoms with E-state index in [4.69, 9.17) is 11.0 Å². The van der Waals surface area contributed by atoms with E-state index in [0.717, 1.165) is 5.69 Å². The maximum Gasteiger partial charge on any atom is 0.165 e. The standard InChI is InChI=1S/C13H12N4S/c1-18-10-4-2-9(3-5-10)16-13-7-6-11(15)12(8-14)17-13/h2-7H,15H2,1H3,(H,16,17). The van der Waals surface area contributed by atoms with Crippen molar-refractivity contribution in [3.63, 3.8) is 0 Å². The number of anilines is 3. The number of benzene rings is 1. The van der Waals surface area contributed by atoms with E-state index in [1.165, 1.54) is 4.90 Å². The lowest BCUT2D eigenvalue weighted by Gasteiger charge is -2.07. The summed E-state index contributed by atoms with van der Waals surface area (Å²) in [6, 6.07) is 13.4. The summed E-state index contributed by atoms with van der Waals surface area (Å²) in [5, 5.41) is 12.0. The first-order valence-corrected chi connectivity index (χ1v) is 6.53. The summed E-state index contributed by atoms with van der Waals surface area (Å²) >= 11 is 1.69. The van der Waals surface area contributed by atoms with Gasteiger partial charge in [0.2, 0.25) is 0 Å². The van der Waals surface area contributed by atoms with E-state index in [1.807, 2.05) is 36.6 Å². The number of nitrogens with zero attached hydrogens (tertiary/aromatic N) is 2. The van der Waals surface area contributed by atoms with Gasteiger partial charge in [-0.1, -0.05) is 0 Å². The lowest BCUT2D eigenvalue weighted by atomic mass is 10.3. The quantitative estimate of drug-likeness (QED) is 0.826. The summed E-state index contributed by atoms with van der Waals surface area (Å²) < 4.78 is 0. The molecule has 3 N–H and O–H groups in total. The minimum Gasteiger partial charge on any atom is -0.396 e. The number of thioether (sulfide) groups is 1. The summed E-state index contributed by atoms with van der Waals surface area (Å²) in [5.41, 5.74) is 7.17. The van der Waals surface area contributed by atoms with Gasteiger partial charge in [-0.3, -0.25) is 0 Å². The molecule has 1 heterocycles. The van der Waals surface area contributed by atoms with Crippen LogP contribution in [0.4, 0.5) is 17.2 Å². The molecule has 0 amide bonds. The van der Waals surface area contributed by atoms with Gasteiger partial charge in [-0.25, -0.2) is 4.98 Å². The third-order valence-corrected chi connectivity index (χ3v) is 3.14. The van der Waals surface area contributed by atoms with Crippen molar-refractivity contribution in [2.75, 3.05) is 17.3 Å². The molecular formula is C13H12N4S. The Bertz CT molecular complexity index is 587. The largest absolute Gasteiger partial charge is 0.396 e. The van der Waals surface area contributed by atoms with E-state index in [0.29, 0.717) is 11.5 Å². The molecule has 0 atom stereocenters. The van der Waals surface area contributed by atoms with Crippen LogP contribution in [0.3, 0.4) is 0 Å². The highest BCUT2D eigenvalue weighted by molar-refractivity contribution is 7.98. The van der Waals surface area contributed by atoms with E-state index in [2.05, 4.69) is 10.3 Å². The van der Waals surface area contributed by atoms with Gasteiger partial charge in [0.15, 0.2) is 5.69 Å². The highest BCUT2D eigenvalue weighted by atomic mass is 32.2. The van der Waals surface area contributed by atoms with Gasteiger partial charge in [0.25, 0.3) is 0 Å². The first-order chi connectivity index (χ1) is 8.72. The molecule has 18 heavy (non-hydrogen) atoms. The summed E-state index contributed by atoms with van der Waals surface area (Å²) in [7, 11) is 0. The van der Waals surface area contributed by atoms with Crippen LogP contribution in [0.15, 0.2) is 41.3 Å². The molecule has 1 aromatic carbocycles. The number of hydrogen-bond acceptors (Lipinski definition) is 5. The number of hydrogen-bond donors (Lipinski definition) is 2. The average Bonchev–Trinajstić information content (AvgIpc) is 2.42. The molecule has 0 saturated carbocycles. The van der Waals surface area contributed by atoms with E-state index in [9.17, 15) is 0 Å². The molecule has 0 saturated heterocycles. The first-order valence-electron chi connectivity index (χ1n) is 5.30. The Morgan fingerprint density at radius 1 is 1.22 bits per heavy atom. The van der Waals surface area contributed by atoms with Crippen molar-refractivity contribution in [2.45, 2.75) is 4.90 Å². The van der Waals surface area contributed by atoms with E-state index in [1.54, 1.807) is 23.9 Å². The zero-order valence-electron chi connectivity index (χ0n) is 9.84. The summed E-state index contributed by atoms with van der Waals surface area (Å²) in [5.74, 6) is 0.609. The van der Waals surface area contributed by atoms with Crippen molar-refractivity contribution < 1.29 is 0 Å². The van der Waals surface area contributed by atoms with Gasteiger partial charge in [0.05, 0.1) is 5.69 Å². The molecule has 0 unspecified atom stereocenters. The minimum atomic E-state index is 0.237. The number of aromatic nitrogens is 1. The van der Waals surface area contributed by atoms with Gasteiger partial charge in [0, 0.05) is 10.6 Å². The van der Waals surface area contributed by atoms with Gasteiger partial charge < -0.3 is 11.1 Å². The van der Waals surface area contributed by atoms with Crippen LogP contribution in [-0.2, 0) is 0 Å². The monoisotopic (exact) mass is 256 g/mol. The zero-order chi connectivity index (χ0) is 13.0. The second-order valence-electron chi connectivity index (χ2n) is 3.60. The van der Waals surface area contributed by atoms with Gasteiger partial charge in [0.1, 0.15) is 11.9 Å². The van der Waals surface area contributed by atoms with Crippen molar-refractivity contribution in [1.29, 1.82) is 5.26 Å². The van der Waals surface area contributed by atoms with Gasteiger partial charge in [-0.15, -0.1) is 11.8 Å². The maximum atomic E-state index is 8.85. The molecule has 2 rings (SSSR count). The summed E-state index contributed by atoms with van der Waals surface area (Å²) in [6.07, 6.45) is 2.03. The molecule has 1 aromatic heterocycles. The normalized spacial score (nSPS) is 9.78. The second kappa shape index (κ2) is 5.43. The predicted octanol–water partition coefficient (Wildman–Crippen LogP) is 3.00. The molecule has 0 aliphatic carbocycles. The van der Waals surface area contributed by atoms with Crippen molar-refractivity contribution in [3.8, 4) is 6.07 Å². The zero-order valence-corrected chi connectivity index (χ0v) is 10.7. The van der Waals surface area contributed by atoms with E-state index in [-0.39, 0.29) is 5.69 Å². The van der Waals surface area contributed by atoms with Gasteiger partial charge in [-0.2, -0.15) is 5.26 Å². The van der Waals surface area contributed by atoms with Crippen molar-refractivity contribution >= 4 is 29.0 Å². The SMILES string of the molecule is CSc1ccc(Nc2ccc(N)c(C#N)n2)cc1. The molecule has 0 fully saturated rings. The smallest absolute Gasteiger partial charge is 0.165 e. The Balaban J connectivity index is 2.20. The fraction of sp³-hybridized carbons (Fsp3) is 0.0769. The summed E-state index contributed by atoms with van der Waals surface area (Å²) in [4.78, 5) is 5.32. The third kappa shape index (κ3) is 2.73. The molecule has 90 valence electrons. The van der Waals surface area contributed by atoms with Gasteiger partial charge >= 0.3 is 0 Å². The highest BCUT2D eigenvalue weighted by Gasteiger charge is 2.02. The average molecular weight is 256 g/mol. The molecule has 0 aliphatic heterocycles. The maximum absolute atomic E-state index is 8.85. The van der Waals surface area contributed by atoms with Crippen LogP contribution in [0.1, 0.15) is 5.69 Å². The van der Waals surface area contributed by atoms with Gasteiger partial charge in [-0.05, 0) is 42.7 Å². The van der Waals surface area contributed by atoms with Crippen LogP contribution in [0.25, 0.3) is 0 Å². The molecular weight excluding hydrogens is 244 g/mol. The topological polar surface area (TPSA) is 74.7 Å². The van der Waals surface area contributed by atoms with Crippen LogP contribution in [0.5, 0.6) is 0 Å². The number of pyridine rings is 1. The van der Waals surface area contributed by atoms with Crippen LogP contribution >= 0.6 is 11.8 Å². The van der Waals surface area contributed by atoms with Crippen LogP contribution in [0.2, 0.25) is 0 Å². The fourth-order valence-electron chi connectivity index (χ4n) is 1.45.